The molecule has 2 aromatic carbocycles. The summed E-state index contributed by atoms with van der Waals surface area (Å²) >= 11 is 5.44. The number of fused-ring (bicyclic) bond motifs is 2. The molecular weight excluding hydrogens is 316 g/mol. The van der Waals surface area contributed by atoms with Crippen LogP contribution in [0.1, 0.15) is 32.1 Å². The highest BCUT2D eigenvalue weighted by molar-refractivity contribution is 7.71. The third-order valence-electron chi connectivity index (χ3n) is 4.89. The lowest BCUT2D eigenvalue weighted by Crippen LogP contribution is -2.22. The van der Waals surface area contributed by atoms with Gasteiger partial charge in [0, 0.05) is 6.54 Å². The summed E-state index contributed by atoms with van der Waals surface area (Å²) in [6.07, 6.45) is 8.11. The van der Waals surface area contributed by atoms with Gasteiger partial charge in [0.05, 0.1) is 10.9 Å². The molecule has 1 aliphatic carbocycles. The number of hydrogen-bond acceptors (Lipinski definition) is 2. The molecule has 3 nitrogen and oxygen atoms in total. The Bertz CT molecular complexity index is 1060. The van der Waals surface area contributed by atoms with Crippen molar-refractivity contribution in [1.82, 2.24) is 9.55 Å². The molecule has 0 radical (unpaired) electrons. The van der Waals surface area contributed by atoms with Gasteiger partial charge in [-0.1, -0.05) is 35.9 Å². The lowest BCUT2D eigenvalue weighted by molar-refractivity contribution is 0.605. The number of rotatable bonds is 3. The minimum absolute atomic E-state index is 0.0101. The van der Waals surface area contributed by atoms with E-state index in [1.807, 2.05) is 36.4 Å². The molecule has 0 atom stereocenters. The van der Waals surface area contributed by atoms with Gasteiger partial charge in [0.15, 0.2) is 4.77 Å². The van der Waals surface area contributed by atoms with Gasteiger partial charge in [-0.15, -0.1) is 0 Å². The van der Waals surface area contributed by atoms with Crippen LogP contribution in [0.25, 0.3) is 21.7 Å². The van der Waals surface area contributed by atoms with E-state index < -0.39 is 0 Å². The average Bonchev–Trinajstić information content (AvgIpc) is 2.61. The van der Waals surface area contributed by atoms with E-state index in [4.69, 9.17) is 12.2 Å². The number of hydrogen-bond donors (Lipinski definition) is 1. The van der Waals surface area contributed by atoms with Crippen LogP contribution in [0, 0.1) is 4.77 Å². The Kier molecular flexibility index (Phi) is 4.07. The fourth-order valence-corrected chi connectivity index (χ4v) is 3.82. The molecular formula is C20H20N2OS. The molecule has 1 N–H and O–H groups in total. The predicted molar refractivity (Wildman–Crippen MR) is 102 cm³/mol. The zero-order chi connectivity index (χ0) is 16.5. The fourth-order valence-electron chi connectivity index (χ4n) is 3.53. The van der Waals surface area contributed by atoms with Gasteiger partial charge in [0.25, 0.3) is 5.56 Å². The van der Waals surface area contributed by atoms with Gasteiger partial charge < -0.3 is 4.98 Å². The molecule has 1 heterocycles. The Morgan fingerprint density at radius 1 is 1.12 bits per heavy atom. The van der Waals surface area contributed by atoms with Crippen molar-refractivity contribution in [2.24, 2.45) is 0 Å². The van der Waals surface area contributed by atoms with Gasteiger partial charge in [-0.05, 0) is 67.2 Å². The predicted octanol–water partition coefficient (Wildman–Crippen LogP) is 5.10. The zero-order valence-electron chi connectivity index (χ0n) is 13.5. The van der Waals surface area contributed by atoms with Crippen LogP contribution in [0.4, 0.5) is 0 Å². The normalized spacial score (nSPS) is 14.9. The van der Waals surface area contributed by atoms with Crippen molar-refractivity contribution in [2.45, 2.75) is 38.6 Å². The molecule has 24 heavy (non-hydrogen) atoms. The van der Waals surface area contributed by atoms with Crippen molar-refractivity contribution in [3.8, 4) is 0 Å². The van der Waals surface area contributed by atoms with Crippen LogP contribution in [0.5, 0.6) is 0 Å². The topological polar surface area (TPSA) is 37.8 Å². The third-order valence-corrected chi connectivity index (χ3v) is 5.21. The summed E-state index contributed by atoms with van der Waals surface area (Å²) in [5.74, 6) is 0. The number of H-pyrrole nitrogens is 1. The maximum atomic E-state index is 12.9. The molecule has 0 spiro atoms. The summed E-state index contributed by atoms with van der Waals surface area (Å²) in [5.41, 5.74) is 2.29. The van der Waals surface area contributed by atoms with Crippen LogP contribution < -0.4 is 5.56 Å². The highest BCUT2D eigenvalue weighted by Crippen LogP contribution is 2.21. The molecule has 122 valence electrons. The van der Waals surface area contributed by atoms with E-state index in [2.05, 4.69) is 11.1 Å². The maximum Gasteiger partial charge on any atom is 0.262 e. The summed E-state index contributed by atoms with van der Waals surface area (Å²) in [6.45, 7) is 0.656. The standard InChI is InChI=1S/C20H20N2OS/c23-19-17-12-15-8-4-5-9-16(15)13-18(17)21-20(24)22(19)11-10-14-6-2-1-3-7-14/h4-6,8-9,12-13H,1-3,7,10-11H2,(H,21,24). The largest absolute Gasteiger partial charge is 0.332 e. The highest BCUT2D eigenvalue weighted by Gasteiger charge is 2.09. The van der Waals surface area contributed by atoms with E-state index in [1.165, 1.54) is 24.8 Å². The van der Waals surface area contributed by atoms with Crippen molar-refractivity contribution in [1.29, 1.82) is 0 Å². The second kappa shape index (κ2) is 6.36. The number of aromatic nitrogens is 2. The molecule has 1 aromatic heterocycles. The molecule has 0 saturated carbocycles. The van der Waals surface area contributed by atoms with Gasteiger partial charge in [-0.2, -0.15) is 0 Å². The average molecular weight is 336 g/mol. The van der Waals surface area contributed by atoms with Crippen LogP contribution in [0.2, 0.25) is 0 Å². The third kappa shape index (κ3) is 2.82. The second-order valence-corrected chi connectivity index (χ2v) is 6.88. The lowest BCUT2D eigenvalue weighted by atomic mass is 9.97. The van der Waals surface area contributed by atoms with E-state index in [1.54, 1.807) is 4.57 Å². The molecule has 0 saturated heterocycles. The quantitative estimate of drug-likeness (QED) is 0.410. The Morgan fingerprint density at radius 2 is 1.92 bits per heavy atom. The molecule has 0 bridgehead atoms. The molecule has 4 heteroatoms. The van der Waals surface area contributed by atoms with E-state index >= 15 is 0 Å². The van der Waals surface area contributed by atoms with Crippen LogP contribution in [-0.2, 0) is 6.54 Å². The van der Waals surface area contributed by atoms with E-state index in [0.717, 1.165) is 29.1 Å². The van der Waals surface area contributed by atoms with Crippen LogP contribution in [0.3, 0.4) is 0 Å². The minimum Gasteiger partial charge on any atom is -0.332 e. The first-order valence-electron chi connectivity index (χ1n) is 8.56. The Labute approximate surface area is 145 Å². The van der Waals surface area contributed by atoms with Crippen molar-refractivity contribution in [3.63, 3.8) is 0 Å². The number of allylic oxidation sites excluding steroid dienone is 2. The molecule has 0 aliphatic heterocycles. The molecule has 0 amide bonds. The number of benzene rings is 2. The van der Waals surface area contributed by atoms with Crippen LogP contribution in [-0.4, -0.2) is 9.55 Å². The SMILES string of the molecule is O=c1c2cc3ccccc3cc2[nH]c(=S)n1CCC1=CCCCC1. The first-order chi connectivity index (χ1) is 11.7. The number of nitrogens with one attached hydrogen (secondary N) is 1. The fraction of sp³-hybridized carbons (Fsp3) is 0.300. The Balaban J connectivity index is 1.78. The van der Waals surface area contributed by atoms with E-state index in [9.17, 15) is 4.79 Å². The Hall–Kier alpha value is -2.20. The molecule has 1 aliphatic rings. The smallest absolute Gasteiger partial charge is 0.262 e. The first-order valence-corrected chi connectivity index (χ1v) is 8.97. The van der Waals surface area contributed by atoms with Crippen molar-refractivity contribution >= 4 is 33.9 Å². The molecule has 0 unspecified atom stereocenters. The van der Waals surface area contributed by atoms with Gasteiger partial charge in [-0.25, -0.2) is 0 Å². The summed E-state index contributed by atoms with van der Waals surface area (Å²) in [7, 11) is 0. The first kappa shape index (κ1) is 15.3. The van der Waals surface area contributed by atoms with Crippen molar-refractivity contribution < 1.29 is 0 Å². The van der Waals surface area contributed by atoms with Crippen LogP contribution in [0.15, 0.2) is 52.8 Å². The van der Waals surface area contributed by atoms with E-state index in [-0.39, 0.29) is 5.56 Å². The van der Waals surface area contributed by atoms with Gasteiger partial charge in [0.1, 0.15) is 0 Å². The van der Waals surface area contributed by atoms with Crippen LogP contribution >= 0.6 is 12.2 Å². The van der Waals surface area contributed by atoms with Crippen molar-refractivity contribution in [3.05, 3.63) is 63.2 Å². The molecule has 0 fully saturated rings. The summed E-state index contributed by atoms with van der Waals surface area (Å²) in [6, 6.07) is 12.1. The Morgan fingerprint density at radius 3 is 2.67 bits per heavy atom. The second-order valence-electron chi connectivity index (χ2n) is 6.49. The maximum absolute atomic E-state index is 12.9. The summed E-state index contributed by atoms with van der Waals surface area (Å²) in [5, 5.41) is 2.90. The minimum atomic E-state index is 0.0101. The number of aromatic amines is 1. The summed E-state index contributed by atoms with van der Waals surface area (Å²) in [4.78, 5) is 16.2. The van der Waals surface area contributed by atoms with E-state index in [0.29, 0.717) is 16.7 Å². The van der Waals surface area contributed by atoms with Gasteiger partial charge in [0.2, 0.25) is 0 Å². The van der Waals surface area contributed by atoms with Gasteiger partial charge in [-0.3, -0.25) is 9.36 Å². The van der Waals surface area contributed by atoms with Crippen molar-refractivity contribution in [2.75, 3.05) is 0 Å². The lowest BCUT2D eigenvalue weighted by Gasteiger charge is -2.14. The molecule has 3 aromatic rings. The number of nitrogens with zero attached hydrogens (tertiary/aromatic N) is 1. The molecule has 4 rings (SSSR count). The van der Waals surface area contributed by atoms with Gasteiger partial charge >= 0.3 is 0 Å². The summed E-state index contributed by atoms with van der Waals surface area (Å²) < 4.78 is 2.22. The zero-order valence-corrected chi connectivity index (χ0v) is 14.4. The highest BCUT2D eigenvalue weighted by atomic mass is 32.1. The monoisotopic (exact) mass is 336 g/mol.